The first-order valence-corrected chi connectivity index (χ1v) is 7.72. The molecule has 0 saturated heterocycles. The Balaban J connectivity index is 2.51. The standard InChI is InChI=1S/C17H23NS/c1-6-18-16(17-12(3)10-13(4)19-17)15-9-7-8-11(2)14(15)5/h7-10,16,18H,6H2,1-5H3. The first kappa shape index (κ1) is 14.3. The SMILES string of the molecule is CCNC(c1cccc(C)c1C)c1sc(C)cc1C. The molecular formula is C17H23NS. The van der Waals surface area contributed by atoms with Crippen molar-refractivity contribution in [3.05, 3.63) is 56.3 Å². The van der Waals surface area contributed by atoms with E-state index in [-0.39, 0.29) is 0 Å². The van der Waals surface area contributed by atoms with Crippen molar-refractivity contribution >= 4 is 11.3 Å². The summed E-state index contributed by atoms with van der Waals surface area (Å²) in [4.78, 5) is 2.84. The van der Waals surface area contributed by atoms with Crippen LogP contribution in [-0.4, -0.2) is 6.54 Å². The molecule has 102 valence electrons. The number of benzene rings is 1. The molecule has 1 atom stereocenters. The van der Waals surface area contributed by atoms with Gasteiger partial charge in [0, 0.05) is 9.75 Å². The summed E-state index contributed by atoms with van der Waals surface area (Å²) in [5.41, 5.74) is 5.58. The van der Waals surface area contributed by atoms with Crippen LogP contribution in [-0.2, 0) is 0 Å². The molecule has 0 fully saturated rings. The fraction of sp³-hybridized carbons (Fsp3) is 0.412. The van der Waals surface area contributed by atoms with Gasteiger partial charge in [-0.05, 0) is 62.6 Å². The van der Waals surface area contributed by atoms with Gasteiger partial charge < -0.3 is 5.32 Å². The lowest BCUT2D eigenvalue weighted by atomic mass is 9.95. The number of rotatable bonds is 4. The second kappa shape index (κ2) is 5.89. The summed E-state index contributed by atoms with van der Waals surface area (Å²) in [6.45, 7) is 12.0. The zero-order valence-electron chi connectivity index (χ0n) is 12.5. The van der Waals surface area contributed by atoms with Crippen molar-refractivity contribution in [2.75, 3.05) is 6.54 Å². The summed E-state index contributed by atoms with van der Waals surface area (Å²) in [5.74, 6) is 0. The number of hydrogen-bond acceptors (Lipinski definition) is 2. The van der Waals surface area contributed by atoms with E-state index in [1.165, 1.54) is 32.0 Å². The van der Waals surface area contributed by atoms with Gasteiger partial charge in [-0.25, -0.2) is 0 Å². The van der Waals surface area contributed by atoms with Gasteiger partial charge in [-0.2, -0.15) is 0 Å². The van der Waals surface area contributed by atoms with Gasteiger partial charge in [0.1, 0.15) is 0 Å². The molecule has 0 aliphatic rings. The van der Waals surface area contributed by atoms with Gasteiger partial charge >= 0.3 is 0 Å². The average molecular weight is 273 g/mol. The minimum Gasteiger partial charge on any atom is -0.306 e. The van der Waals surface area contributed by atoms with Crippen molar-refractivity contribution in [3.63, 3.8) is 0 Å². The summed E-state index contributed by atoms with van der Waals surface area (Å²) in [6, 6.07) is 9.22. The quantitative estimate of drug-likeness (QED) is 0.853. The Morgan fingerprint density at radius 1 is 1.11 bits per heavy atom. The van der Waals surface area contributed by atoms with Crippen LogP contribution in [0.1, 0.15) is 45.0 Å². The van der Waals surface area contributed by atoms with Gasteiger partial charge in [0.15, 0.2) is 0 Å². The lowest BCUT2D eigenvalue weighted by Crippen LogP contribution is -2.22. The highest BCUT2D eigenvalue weighted by Crippen LogP contribution is 2.33. The predicted octanol–water partition coefficient (Wildman–Crippen LogP) is 4.68. The third-order valence-electron chi connectivity index (χ3n) is 3.71. The largest absolute Gasteiger partial charge is 0.306 e. The smallest absolute Gasteiger partial charge is 0.0676 e. The van der Waals surface area contributed by atoms with Crippen LogP contribution in [0.5, 0.6) is 0 Å². The topological polar surface area (TPSA) is 12.0 Å². The van der Waals surface area contributed by atoms with Gasteiger partial charge in [-0.15, -0.1) is 11.3 Å². The van der Waals surface area contributed by atoms with Crippen LogP contribution in [0.4, 0.5) is 0 Å². The number of thiophene rings is 1. The van der Waals surface area contributed by atoms with Gasteiger partial charge in [0.05, 0.1) is 6.04 Å². The zero-order chi connectivity index (χ0) is 14.0. The number of hydrogen-bond donors (Lipinski definition) is 1. The second-order valence-electron chi connectivity index (χ2n) is 5.18. The third kappa shape index (κ3) is 2.90. The molecule has 1 aromatic heterocycles. The summed E-state index contributed by atoms with van der Waals surface area (Å²) >= 11 is 1.91. The molecule has 1 heterocycles. The average Bonchev–Trinajstić information content (AvgIpc) is 2.69. The monoisotopic (exact) mass is 273 g/mol. The van der Waals surface area contributed by atoms with Crippen LogP contribution in [0.15, 0.2) is 24.3 Å². The van der Waals surface area contributed by atoms with Crippen LogP contribution >= 0.6 is 11.3 Å². The fourth-order valence-electron chi connectivity index (χ4n) is 2.58. The lowest BCUT2D eigenvalue weighted by molar-refractivity contribution is 0.633. The van der Waals surface area contributed by atoms with E-state index in [0.29, 0.717) is 6.04 Å². The molecule has 0 saturated carbocycles. The summed E-state index contributed by atoms with van der Waals surface area (Å²) < 4.78 is 0. The predicted molar refractivity (Wildman–Crippen MR) is 85.2 cm³/mol. The van der Waals surface area contributed by atoms with Gasteiger partial charge in [-0.1, -0.05) is 25.1 Å². The van der Waals surface area contributed by atoms with E-state index in [1.807, 2.05) is 11.3 Å². The molecule has 2 aromatic rings. The molecule has 0 aliphatic heterocycles. The number of aryl methyl sites for hydroxylation is 3. The Kier molecular flexibility index (Phi) is 4.43. The van der Waals surface area contributed by atoms with Crippen LogP contribution in [0.25, 0.3) is 0 Å². The van der Waals surface area contributed by atoms with E-state index in [4.69, 9.17) is 0 Å². The Hall–Kier alpha value is -1.12. The maximum absolute atomic E-state index is 3.65. The van der Waals surface area contributed by atoms with Gasteiger partial charge in [0.2, 0.25) is 0 Å². The zero-order valence-corrected chi connectivity index (χ0v) is 13.3. The second-order valence-corrected chi connectivity index (χ2v) is 6.47. The van der Waals surface area contributed by atoms with Gasteiger partial charge in [0.25, 0.3) is 0 Å². The molecule has 0 spiro atoms. The first-order valence-electron chi connectivity index (χ1n) is 6.91. The normalized spacial score (nSPS) is 12.7. The maximum Gasteiger partial charge on any atom is 0.0676 e. The molecule has 2 heteroatoms. The van der Waals surface area contributed by atoms with E-state index in [9.17, 15) is 0 Å². The minimum atomic E-state index is 0.323. The summed E-state index contributed by atoms with van der Waals surface area (Å²) in [6.07, 6.45) is 0. The summed E-state index contributed by atoms with van der Waals surface area (Å²) in [5, 5.41) is 3.65. The molecular weight excluding hydrogens is 250 g/mol. The van der Waals surface area contributed by atoms with E-state index in [0.717, 1.165) is 6.54 Å². The lowest BCUT2D eigenvalue weighted by Gasteiger charge is -2.21. The molecule has 0 amide bonds. The van der Waals surface area contributed by atoms with Crippen LogP contribution < -0.4 is 5.32 Å². The maximum atomic E-state index is 3.65. The Morgan fingerprint density at radius 2 is 1.84 bits per heavy atom. The van der Waals surface area contributed by atoms with Crippen molar-refractivity contribution in [1.29, 1.82) is 0 Å². The molecule has 1 nitrogen and oxygen atoms in total. The minimum absolute atomic E-state index is 0.323. The summed E-state index contributed by atoms with van der Waals surface area (Å²) in [7, 11) is 0. The molecule has 19 heavy (non-hydrogen) atoms. The van der Waals surface area contributed by atoms with Crippen LogP contribution in [0, 0.1) is 27.7 Å². The van der Waals surface area contributed by atoms with Crippen LogP contribution in [0.3, 0.4) is 0 Å². The highest BCUT2D eigenvalue weighted by molar-refractivity contribution is 7.12. The molecule has 0 aliphatic carbocycles. The molecule has 0 radical (unpaired) electrons. The molecule has 1 N–H and O–H groups in total. The van der Waals surface area contributed by atoms with Crippen molar-refractivity contribution < 1.29 is 0 Å². The Bertz CT molecular complexity index is 569. The van der Waals surface area contributed by atoms with Crippen molar-refractivity contribution in [3.8, 4) is 0 Å². The molecule has 0 bridgehead atoms. The van der Waals surface area contributed by atoms with E-state index in [1.54, 1.807) is 0 Å². The molecule has 1 aromatic carbocycles. The van der Waals surface area contributed by atoms with Crippen molar-refractivity contribution in [1.82, 2.24) is 5.32 Å². The van der Waals surface area contributed by atoms with E-state index >= 15 is 0 Å². The molecule has 1 unspecified atom stereocenters. The van der Waals surface area contributed by atoms with E-state index in [2.05, 4.69) is 64.2 Å². The Labute approximate surface area is 120 Å². The fourth-order valence-corrected chi connectivity index (χ4v) is 3.71. The van der Waals surface area contributed by atoms with E-state index < -0.39 is 0 Å². The highest BCUT2D eigenvalue weighted by Gasteiger charge is 2.19. The molecule has 2 rings (SSSR count). The first-order chi connectivity index (χ1) is 9.04. The van der Waals surface area contributed by atoms with Crippen LogP contribution in [0.2, 0.25) is 0 Å². The van der Waals surface area contributed by atoms with Crippen molar-refractivity contribution in [2.45, 2.75) is 40.7 Å². The van der Waals surface area contributed by atoms with Gasteiger partial charge in [-0.3, -0.25) is 0 Å². The Morgan fingerprint density at radius 3 is 2.42 bits per heavy atom. The highest BCUT2D eigenvalue weighted by atomic mass is 32.1. The number of nitrogens with one attached hydrogen (secondary N) is 1. The van der Waals surface area contributed by atoms with Crippen molar-refractivity contribution in [2.24, 2.45) is 0 Å². The third-order valence-corrected chi connectivity index (χ3v) is 4.92.